The first-order valence-electron chi connectivity index (χ1n) is 11.1. The lowest BCUT2D eigenvalue weighted by Gasteiger charge is -2.09. The second-order valence-corrected chi connectivity index (χ2v) is 6.72. The minimum atomic E-state index is -0.467. The Kier molecular flexibility index (Phi) is 10.5. The number of nitro groups is 1. The monoisotopic (exact) mass is 472 g/mol. The molecular weight excluding hydrogens is 444 g/mol. The Hall–Kier alpha value is -4.66. The van der Waals surface area contributed by atoms with Gasteiger partial charge < -0.3 is 10.6 Å². The van der Waals surface area contributed by atoms with Crippen LogP contribution in [0.3, 0.4) is 0 Å². The van der Waals surface area contributed by atoms with E-state index < -0.39 is 4.92 Å². The van der Waals surface area contributed by atoms with Crippen LogP contribution in [0.25, 0.3) is 10.9 Å². The van der Waals surface area contributed by atoms with Gasteiger partial charge in [0.05, 0.1) is 10.4 Å². The number of carbonyl (C=O) groups excluding carboxylic acids is 1. The summed E-state index contributed by atoms with van der Waals surface area (Å²) in [5.41, 5.74) is 1.67. The predicted octanol–water partition coefficient (Wildman–Crippen LogP) is 6.54. The van der Waals surface area contributed by atoms with Crippen LogP contribution < -0.4 is 10.6 Å². The Morgan fingerprint density at radius 1 is 0.943 bits per heavy atom. The van der Waals surface area contributed by atoms with Crippen LogP contribution in [-0.4, -0.2) is 25.8 Å². The number of amides is 1. The van der Waals surface area contributed by atoms with Crippen LogP contribution in [0.1, 0.15) is 38.1 Å². The van der Waals surface area contributed by atoms with Gasteiger partial charge in [-0.2, -0.15) is 0 Å². The molecule has 0 bridgehead atoms. The highest BCUT2D eigenvalue weighted by Gasteiger charge is 2.11. The maximum Gasteiger partial charge on any atom is 0.270 e. The van der Waals surface area contributed by atoms with Crippen molar-refractivity contribution in [2.75, 3.05) is 10.6 Å². The van der Waals surface area contributed by atoms with Crippen molar-refractivity contribution in [3.63, 3.8) is 0 Å². The third-order valence-electron chi connectivity index (χ3n) is 4.48. The molecule has 0 spiro atoms. The van der Waals surface area contributed by atoms with Crippen molar-refractivity contribution >= 4 is 39.8 Å². The van der Waals surface area contributed by atoms with Gasteiger partial charge >= 0.3 is 0 Å². The van der Waals surface area contributed by atoms with E-state index in [4.69, 9.17) is 0 Å². The fraction of sp³-hybridized carbons (Fsp3) is 0.154. The molecule has 2 aromatic carbocycles. The van der Waals surface area contributed by atoms with E-state index in [-0.39, 0.29) is 11.6 Å². The van der Waals surface area contributed by atoms with E-state index in [0.717, 1.165) is 0 Å². The van der Waals surface area contributed by atoms with Gasteiger partial charge in [-0.15, -0.1) is 0 Å². The lowest BCUT2D eigenvalue weighted by Crippen LogP contribution is -2.12. The molecule has 9 nitrogen and oxygen atoms in total. The number of hydrogen-bond acceptors (Lipinski definition) is 7. The van der Waals surface area contributed by atoms with Crippen LogP contribution in [0.15, 0.2) is 85.3 Å². The van der Waals surface area contributed by atoms with E-state index in [1.807, 2.05) is 39.8 Å². The number of fused-ring (bicyclic) bond motifs is 1. The molecule has 1 amide bonds. The highest BCUT2D eigenvalue weighted by molar-refractivity contribution is 6.04. The molecule has 35 heavy (non-hydrogen) atoms. The summed E-state index contributed by atoms with van der Waals surface area (Å²) in [5.74, 6) is 0.622. The van der Waals surface area contributed by atoms with E-state index in [0.29, 0.717) is 33.8 Å². The number of aromatic nitrogens is 3. The summed E-state index contributed by atoms with van der Waals surface area (Å²) < 4.78 is 0. The van der Waals surface area contributed by atoms with Gasteiger partial charge in [0.2, 0.25) is 0 Å². The number of nitrogens with zero attached hydrogens (tertiary/aromatic N) is 4. The number of allylic oxidation sites excluding steroid dienone is 2. The first-order chi connectivity index (χ1) is 17.0. The fourth-order valence-electron chi connectivity index (χ4n) is 2.72. The predicted molar refractivity (Wildman–Crippen MR) is 140 cm³/mol. The fourth-order valence-corrected chi connectivity index (χ4v) is 2.72. The van der Waals surface area contributed by atoms with Gasteiger partial charge in [0.25, 0.3) is 11.6 Å². The molecule has 0 aliphatic carbocycles. The topological polar surface area (TPSA) is 123 Å². The zero-order valence-corrected chi connectivity index (χ0v) is 20.1. The van der Waals surface area contributed by atoms with Crippen molar-refractivity contribution in [3.05, 3.63) is 101 Å². The van der Waals surface area contributed by atoms with Crippen LogP contribution in [0.4, 0.5) is 23.0 Å². The van der Waals surface area contributed by atoms with E-state index in [1.165, 1.54) is 18.5 Å². The zero-order valence-electron chi connectivity index (χ0n) is 20.1. The molecule has 180 valence electrons. The van der Waals surface area contributed by atoms with Crippen molar-refractivity contribution in [2.24, 2.45) is 0 Å². The minimum Gasteiger partial charge on any atom is -0.340 e. The molecule has 9 heteroatoms. The van der Waals surface area contributed by atoms with Gasteiger partial charge in [0.1, 0.15) is 18.0 Å². The summed E-state index contributed by atoms with van der Waals surface area (Å²) in [5, 5.41) is 17.4. The molecule has 4 rings (SSSR count). The molecule has 0 unspecified atom stereocenters. The third-order valence-corrected chi connectivity index (χ3v) is 4.48. The molecule has 2 aromatic heterocycles. The van der Waals surface area contributed by atoms with Crippen LogP contribution in [-0.2, 0) is 0 Å². The standard InChI is InChI=1S/C20H14N6O3.C4H8.C2H6/c27-20(25-18-3-1-2-10-21-18)13-4-6-14(7-5-13)24-19-16-11-15(26(28)29)8-9-17(16)22-12-23-19;1-3-4-2;1-2/h1-12H,(H,21,25,27)(H,22,23,24);3-4H,1-2H3;1-2H3/b;4-3-;. The van der Waals surface area contributed by atoms with E-state index in [2.05, 4.69) is 25.6 Å². The lowest BCUT2D eigenvalue weighted by atomic mass is 10.1. The Morgan fingerprint density at radius 3 is 2.26 bits per heavy atom. The van der Waals surface area contributed by atoms with Crippen molar-refractivity contribution in [1.29, 1.82) is 0 Å². The molecule has 0 fully saturated rings. The van der Waals surface area contributed by atoms with Crippen molar-refractivity contribution < 1.29 is 9.72 Å². The number of hydrogen-bond donors (Lipinski definition) is 2. The van der Waals surface area contributed by atoms with Gasteiger partial charge in [0.15, 0.2) is 0 Å². The second-order valence-electron chi connectivity index (χ2n) is 6.72. The molecule has 0 aliphatic rings. The van der Waals surface area contributed by atoms with E-state index >= 15 is 0 Å². The average molecular weight is 473 g/mol. The smallest absolute Gasteiger partial charge is 0.270 e. The highest BCUT2D eigenvalue weighted by Crippen LogP contribution is 2.26. The van der Waals surface area contributed by atoms with Crippen LogP contribution in [0.2, 0.25) is 0 Å². The second kappa shape index (κ2) is 13.8. The van der Waals surface area contributed by atoms with Gasteiger partial charge in [-0.3, -0.25) is 14.9 Å². The Balaban J connectivity index is 0.000000655. The average Bonchev–Trinajstić information content (AvgIpc) is 2.91. The summed E-state index contributed by atoms with van der Waals surface area (Å²) in [4.78, 5) is 35.3. The molecule has 2 heterocycles. The first-order valence-corrected chi connectivity index (χ1v) is 11.1. The van der Waals surface area contributed by atoms with Gasteiger partial charge in [-0.1, -0.05) is 32.1 Å². The maximum absolute atomic E-state index is 12.3. The lowest BCUT2D eigenvalue weighted by molar-refractivity contribution is -0.384. The van der Waals surface area contributed by atoms with Crippen molar-refractivity contribution in [1.82, 2.24) is 15.0 Å². The largest absolute Gasteiger partial charge is 0.340 e. The number of rotatable bonds is 5. The molecule has 0 aliphatic heterocycles. The minimum absolute atomic E-state index is 0.0445. The highest BCUT2D eigenvalue weighted by atomic mass is 16.6. The number of nitro benzene ring substituents is 1. The maximum atomic E-state index is 12.3. The molecular formula is C26H28N6O3. The number of non-ortho nitro benzene ring substituents is 1. The summed E-state index contributed by atoms with van der Waals surface area (Å²) in [6, 6.07) is 16.4. The van der Waals surface area contributed by atoms with Gasteiger partial charge in [-0.05, 0) is 56.3 Å². The van der Waals surface area contributed by atoms with E-state index in [1.54, 1.807) is 54.7 Å². The Labute approximate surface area is 204 Å². The third kappa shape index (κ3) is 7.71. The molecule has 4 aromatic rings. The van der Waals surface area contributed by atoms with Crippen molar-refractivity contribution in [3.8, 4) is 0 Å². The molecule has 0 atom stereocenters. The molecule has 0 saturated heterocycles. The summed E-state index contributed by atoms with van der Waals surface area (Å²) in [6.07, 6.45) is 6.98. The van der Waals surface area contributed by atoms with Crippen LogP contribution in [0, 0.1) is 10.1 Å². The summed E-state index contributed by atoms with van der Waals surface area (Å²) in [7, 11) is 0. The number of anilines is 3. The summed E-state index contributed by atoms with van der Waals surface area (Å²) >= 11 is 0. The number of pyridine rings is 1. The molecule has 0 saturated carbocycles. The number of benzene rings is 2. The van der Waals surface area contributed by atoms with Gasteiger partial charge in [0, 0.05) is 35.0 Å². The quantitative estimate of drug-likeness (QED) is 0.192. The van der Waals surface area contributed by atoms with Crippen LogP contribution >= 0.6 is 0 Å². The number of carbonyl (C=O) groups is 1. The zero-order chi connectivity index (χ0) is 25.6. The first kappa shape index (κ1) is 26.6. The number of nitrogens with one attached hydrogen (secondary N) is 2. The Bertz CT molecular complexity index is 1270. The van der Waals surface area contributed by atoms with Crippen LogP contribution in [0.5, 0.6) is 0 Å². The normalized spacial score (nSPS) is 9.94. The molecule has 0 radical (unpaired) electrons. The molecule has 2 N–H and O–H groups in total. The SMILES string of the molecule is C/C=C\C.CC.O=C(Nc1ccccn1)c1ccc(Nc2ncnc3ccc([N+](=O)[O-])cc23)cc1. The Morgan fingerprint density at radius 2 is 1.66 bits per heavy atom. The summed E-state index contributed by atoms with van der Waals surface area (Å²) in [6.45, 7) is 8.00. The van der Waals surface area contributed by atoms with E-state index in [9.17, 15) is 14.9 Å². The van der Waals surface area contributed by atoms with Gasteiger partial charge in [-0.25, -0.2) is 15.0 Å². The van der Waals surface area contributed by atoms with Crippen molar-refractivity contribution in [2.45, 2.75) is 27.7 Å².